The highest BCUT2D eigenvalue weighted by atomic mass is 16.5. The second-order valence-corrected chi connectivity index (χ2v) is 9.49. The van der Waals surface area contributed by atoms with Gasteiger partial charge in [-0.25, -0.2) is 9.97 Å². The number of benzene rings is 1. The summed E-state index contributed by atoms with van der Waals surface area (Å²) in [7, 11) is 1.81. The molecular formula is C26H33N5O3. The molecule has 1 aromatic heterocycles. The minimum atomic E-state index is -0.120. The molecule has 180 valence electrons. The zero-order valence-electron chi connectivity index (χ0n) is 19.7. The molecule has 2 fully saturated rings. The predicted octanol–water partition coefficient (Wildman–Crippen LogP) is 3.79. The van der Waals surface area contributed by atoms with Gasteiger partial charge in [-0.3, -0.25) is 15.0 Å². The summed E-state index contributed by atoms with van der Waals surface area (Å²) in [5.74, 6) is 0.804. The standard InChI is InChI=1S/C26H33N5O3/c1-31(22-12-10-20(11-13-22)26(33)34-16-17-4-2-3-5-17)25(32)21-14-29-24(30-15-21)19-8-6-18(7-9-19)23(27)28/h6-9,14-15,17,20,22H,2-5,10-13,16H2,1H3,(H3,27,28)/t20-,22-. The summed E-state index contributed by atoms with van der Waals surface area (Å²) in [6.07, 6.45) is 11.0. The summed E-state index contributed by atoms with van der Waals surface area (Å²) in [6, 6.07) is 7.18. The van der Waals surface area contributed by atoms with Crippen LogP contribution in [0.25, 0.3) is 11.4 Å². The van der Waals surface area contributed by atoms with Crippen LogP contribution in [-0.2, 0) is 9.53 Å². The SMILES string of the molecule is CN(C(=O)c1cnc(-c2ccc(C(=N)N)cc2)nc1)[C@H]1CC[C@H](C(=O)OCC2CCCC2)CC1. The van der Waals surface area contributed by atoms with Crippen LogP contribution in [0.4, 0.5) is 0 Å². The Hall–Kier alpha value is -3.29. The summed E-state index contributed by atoms with van der Waals surface area (Å²) >= 11 is 0. The smallest absolute Gasteiger partial charge is 0.308 e. The van der Waals surface area contributed by atoms with Gasteiger partial charge in [-0.05, 0) is 44.4 Å². The van der Waals surface area contributed by atoms with Crippen molar-refractivity contribution in [2.24, 2.45) is 17.6 Å². The molecule has 1 heterocycles. The number of nitrogens with one attached hydrogen (secondary N) is 1. The molecule has 8 heteroatoms. The Morgan fingerprint density at radius 2 is 1.62 bits per heavy atom. The van der Waals surface area contributed by atoms with Crippen LogP contribution >= 0.6 is 0 Å². The summed E-state index contributed by atoms with van der Waals surface area (Å²) in [5.41, 5.74) is 7.35. The van der Waals surface area contributed by atoms with Crippen molar-refractivity contribution >= 4 is 17.7 Å². The number of nitrogens with zero attached hydrogens (tertiary/aromatic N) is 3. The van der Waals surface area contributed by atoms with E-state index >= 15 is 0 Å². The normalized spacial score (nSPS) is 20.6. The molecule has 0 aliphatic heterocycles. The Morgan fingerprint density at radius 1 is 1.00 bits per heavy atom. The quantitative estimate of drug-likeness (QED) is 0.366. The van der Waals surface area contributed by atoms with E-state index in [1.165, 1.54) is 25.7 Å². The van der Waals surface area contributed by atoms with Crippen LogP contribution in [0.3, 0.4) is 0 Å². The van der Waals surface area contributed by atoms with Crippen molar-refractivity contribution in [2.75, 3.05) is 13.7 Å². The number of nitrogens with two attached hydrogens (primary N) is 1. The highest BCUT2D eigenvalue weighted by Gasteiger charge is 2.31. The molecule has 3 N–H and O–H groups in total. The number of rotatable bonds is 7. The van der Waals surface area contributed by atoms with Crippen LogP contribution in [-0.4, -0.2) is 52.3 Å². The van der Waals surface area contributed by atoms with Crippen molar-refractivity contribution < 1.29 is 14.3 Å². The lowest BCUT2D eigenvalue weighted by Gasteiger charge is -2.34. The van der Waals surface area contributed by atoms with E-state index in [4.69, 9.17) is 15.9 Å². The molecule has 2 aromatic rings. The van der Waals surface area contributed by atoms with Crippen LogP contribution < -0.4 is 5.73 Å². The van der Waals surface area contributed by atoms with Gasteiger partial charge in [-0.2, -0.15) is 0 Å². The molecule has 2 saturated carbocycles. The maximum absolute atomic E-state index is 13.0. The van der Waals surface area contributed by atoms with Crippen molar-refractivity contribution in [2.45, 2.75) is 57.4 Å². The average Bonchev–Trinajstić information content (AvgIpc) is 3.40. The Bertz CT molecular complexity index is 1010. The molecule has 0 unspecified atom stereocenters. The zero-order valence-corrected chi connectivity index (χ0v) is 19.7. The third-order valence-electron chi connectivity index (χ3n) is 7.19. The van der Waals surface area contributed by atoms with Crippen molar-refractivity contribution in [3.63, 3.8) is 0 Å². The fraction of sp³-hybridized carbons (Fsp3) is 0.500. The molecule has 8 nitrogen and oxygen atoms in total. The molecule has 2 aliphatic carbocycles. The zero-order chi connectivity index (χ0) is 24.1. The summed E-state index contributed by atoms with van der Waals surface area (Å²) < 4.78 is 5.59. The molecule has 2 aliphatic rings. The fourth-order valence-electron chi connectivity index (χ4n) is 4.95. The van der Waals surface area contributed by atoms with Crippen molar-refractivity contribution in [3.05, 3.63) is 47.8 Å². The highest BCUT2D eigenvalue weighted by Crippen LogP contribution is 2.30. The van der Waals surface area contributed by atoms with Gasteiger partial charge in [-0.15, -0.1) is 0 Å². The summed E-state index contributed by atoms with van der Waals surface area (Å²) in [5, 5.41) is 7.47. The van der Waals surface area contributed by atoms with Crippen LogP contribution in [0.15, 0.2) is 36.7 Å². The molecule has 0 bridgehead atoms. The van der Waals surface area contributed by atoms with Crippen LogP contribution in [0, 0.1) is 17.2 Å². The van der Waals surface area contributed by atoms with E-state index in [-0.39, 0.29) is 29.7 Å². The first-order valence-electron chi connectivity index (χ1n) is 12.1. The Labute approximate surface area is 200 Å². The van der Waals surface area contributed by atoms with Gasteiger partial charge in [0.2, 0.25) is 0 Å². The molecule has 4 rings (SSSR count). The van der Waals surface area contributed by atoms with Crippen molar-refractivity contribution in [1.82, 2.24) is 14.9 Å². The average molecular weight is 464 g/mol. The molecule has 0 atom stereocenters. The molecular weight excluding hydrogens is 430 g/mol. The first-order valence-corrected chi connectivity index (χ1v) is 12.1. The minimum Gasteiger partial charge on any atom is -0.465 e. The molecule has 0 radical (unpaired) electrons. The molecule has 0 saturated heterocycles. The maximum atomic E-state index is 13.0. The maximum Gasteiger partial charge on any atom is 0.308 e. The van der Waals surface area contributed by atoms with E-state index in [0.29, 0.717) is 29.5 Å². The number of nitrogen functional groups attached to an aromatic ring is 1. The number of carbonyl (C=O) groups excluding carboxylic acids is 2. The van der Waals surface area contributed by atoms with Gasteiger partial charge in [0, 0.05) is 36.6 Å². The number of esters is 1. The predicted molar refractivity (Wildman–Crippen MR) is 129 cm³/mol. The number of ether oxygens (including phenoxy) is 1. The van der Waals surface area contributed by atoms with Crippen molar-refractivity contribution in [1.29, 1.82) is 5.41 Å². The van der Waals surface area contributed by atoms with Crippen LogP contribution in [0.5, 0.6) is 0 Å². The first kappa shape index (κ1) is 23.9. The van der Waals surface area contributed by atoms with Gasteiger partial charge in [0.15, 0.2) is 5.82 Å². The summed E-state index contributed by atoms with van der Waals surface area (Å²) in [4.78, 5) is 35.9. The van der Waals surface area contributed by atoms with E-state index in [2.05, 4.69) is 9.97 Å². The van der Waals surface area contributed by atoms with E-state index in [1.54, 1.807) is 48.6 Å². The van der Waals surface area contributed by atoms with E-state index in [0.717, 1.165) is 31.2 Å². The van der Waals surface area contributed by atoms with E-state index < -0.39 is 0 Å². The lowest BCUT2D eigenvalue weighted by Crippen LogP contribution is -2.40. The summed E-state index contributed by atoms with van der Waals surface area (Å²) in [6.45, 7) is 0.564. The third kappa shape index (κ3) is 5.61. The Kier molecular flexibility index (Phi) is 7.55. The number of hydrogen-bond donors (Lipinski definition) is 2. The van der Waals surface area contributed by atoms with Gasteiger partial charge in [0.1, 0.15) is 5.84 Å². The van der Waals surface area contributed by atoms with Crippen LogP contribution in [0.1, 0.15) is 67.3 Å². The van der Waals surface area contributed by atoms with Gasteiger partial charge in [-0.1, -0.05) is 37.1 Å². The largest absolute Gasteiger partial charge is 0.465 e. The van der Waals surface area contributed by atoms with Gasteiger partial charge < -0.3 is 15.4 Å². The number of amides is 1. The second-order valence-electron chi connectivity index (χ2n) is 9.49. The van der Waals surface area contributed by atoms with Gasteiger partial charge in [0.05, 0.1) is 18.1 Å². The molecule has 1 amide bonds. The number of hydrogen-bond acceptors (Lipinski definition) is 6. The number of aromatic nitrogens is 2. The molecule has 34 heavy (non-hydrogen) atoms. The first-order chi connectivity index (χ1) is 16.4. The molecule has 1 aromatic carbocycles. The van der Waals surface area contributed by atoms with Crippen LogP contribution in [0.2, 0.25) is 0 Å². The van der Waals surface area contributed by atoms with E-state index in [9.17, 15) is 9.59 Å². The number of carbonyl (C=O) groups is 2. The number of amidine groups is 1. The van der Waals surface area contributed by atoms with Crippen molar-refractivity contribution in [3.8, 4) is 11.4 Å². The minimum absolute atomic E-state index is 0.00597. The third-order valence-corrected chi connectivity index (χ3v) is 7.19. The highest BCUT2D eigenvalue weighted by molar-refractivity contribution is 5.95. The fourth-order valence-corrected chi connectivity index (χ4v) is 4.95. The topological polar surface area (TPSA) is 122 Å². The Balaban J connectivity index is 1.28. The Morgan fingerprint density at radius 3 is 2.21 bits per heavy atom. The van der Waals surface area contributed by atoms with Gasteiger partial charge in [0.25, 0.3) is 5.91 Å². The monoisotopic (exact) mass is 463 g/mol. The van der Waals surface area contributed by atoms with Gasteiger partial charge >= 0.3 is 5.97 Å². The lowest BCUT2D eigenvalue weighted by atomic mass is 9.85. The second kappa shape index (κ2) is 10.8. The molecule has 0 spiro atoms. The lowest BCUT2D eigenvalue weighted by molar-refractivity contribution is -0.151. The van der Waals surface area contributed by atoms with E-state index in [1.807, 2.05) is 0 Å².